The zero-order valence-electron chi connectivity index (χ0n) is 13.8. The summed E-state index contributed by atoms with van der Waals surface area (Å²) < 4.78 is 19.8. The number of carbonyl (C=O) groups is 1. The number of ether oxygens (including phenoxy) is 1. The lowest BCUT2D eigenvalue weighted by atomic mass is 10.1. The van der Waals surface area contributed by atoms with Gasteiger partial charge in [0, 0.05) is 11.9 Å². The van der Waals surface area contributed by atoms with Crippen LogP contribution in [0, 0.1) is 5.82 Å². The topological polar surface area (TPSA) is 56.2 Å². The van der Waals surface area contributed by atoms with Crippen LogP contribution in [0.2, 0.25) is 0 Å². The minimum Gasteiger partial charge on any atom is -0.471 e. The van der Waals surface area contributed by atoms with Crippen LogP contribution in [-0.4, -0.2) is 15.7 Å². The molecule has 0 saturated carbocycles. The van der Waals surface area contributed by atoms with Crippen molar-refractivity contribution in [2.45, 2.75) is 20.1 Å². The summed E-state index contributed by atoms with van der Waals surface area (Å²) in [5.41, 5.74) is 2.22. The minimum atomic E-state index is -0.322. The highest BCUT2D eigenvalue weighted by atomic mass is 19.1. The van der Waals surface area contributed by atoms with Crippen LogP contribution in [-0.2, 0) is 13.2 Å². The molecule has 3 aromatic rings. The van der Waals surface area contributed by atoms with Gasteiger partial charge in [0.2, 0.25) is 0 Å². The quantitative estimate of drug-likeness (QED) is 0.742. The van der Waals surface area contributed by atoms with E-state index in [0.717, 1.165) is 12.1 Å². The van der Waals surface area contributed by atoms with Crippen molar-refractivity contribution < 1.29 is 13.9 Å². The summed E-state index contributed by atoms with van der Waals surface area (Å²) in [6.07, 6.45) is 2.60. The van der Waals surface area contributed by atoms with Crippen LogP contribution in [0.25, 0.3) is 0 Å². The summed E-state index contributed by atoms with van der Waals surface area (Å²) in [5, 5.41) is 6.98. The first-order valence-corrected chi connectivity index (χ1v) is 7.96. The van der Waals surface area contributed by atoms with Crippen LogP contribution >= 0.6 is 0 Å². The Morgan fingerprint density at radius 3 is 2.52 bits per heavy atom. The molecule has 0 saturated heterocycles. The summed E-state index contributed by atoms with van der Waals surface area (Å²) in [4.78, 5) is 12.2. The van der Waals surface area contributed by atoms with Crippen LogP contribution in [0.3, 0.4) is 0 Å². The third-order valence-electron chi connectivity index (χ3n) is 3.67. The van der Waals surface area contributed by atoms with Crippen LogP contribution in [0.4, 0.5) is 10.1 Å². The average Bonchev–Trinajstić information content (AvgIpc) is 3.11. The molecule has 0 fully saturated rings. The van der Waals surface area contributed by atoms with Crippen molar-refractivity contribution in [1.29, 1.82) is 0 Å². The number of benzene rings is 2. The second-order valence-electron chi connectivity index (χ2n) is 5.47. The maximum Gasteiger partial charge on any atom is 0.276 e. The molecule has 5 nitrogen and oxygen atoms in total. The van der Waals surface area contributed by atoms with E-state index in [0.29, 0.717) is 11.4 Å². The third kappa shape index (κ3) is 4.44. The number of hydrogen-bond acceptors (Lipinski definition) is 3. The Hall–Kier alpha value is -3.15. The number of carbonyl (C=O) groups excluding carboxylic acids is 1. The van der Waals surface area contributed by atoms with Crippen molar-refractivity contribution in [2.75, 3.05) is 5.32 Å². The molecule has 1 heterocycles. The van der Waals surface area contributed by atoms with Crippen molar-refractivity contribution in [2.24, 2.45) is 0 Å². The molecule has 0 atom stereocenters. The number of anilines is 1. The number of amides is 1. The fraction of sp³-hybridized carbons (Fsp3) is 0.158. The largest absolute Gasteiger partial charge is 0.471 e. The van der Waals surface area contributed by atoms with E-state index < -0.39 is 0 Å². The Balaban J connectivity index is 1.58. The van der Waals surface area contributed by atoms with Gasteiger partial charge in [0.1, 0.15) is 11.6 Å². The summed E-state index contributed by atoms with van der Waals surface area (Å²) in [6.45, 7) is 2.21. The van der Waals surface area contributed by atoms with Crippen LogP contribution in [0.15, 0.2) is 60.8 Å². The van der Waals surface area contributed by atoms with E-state index in [1.165, 1.54) is 34.5 Å². The van der Waals surface area contributed by atoms with Gasteiger partial charge in [-0.05, 0) is 54.4 Å². The predicted molar refractivity (Wildman–Crippen MR) is 93.0 cm³/mol. The van der Waals surface area contributed by atoms with Gasteiger partial charge in [-0.3, -0.25) is 4.79 Å². The Bertz CT molecular complexity index is 842. The minimum absolute atomic E-state index is 0.129. The molecule has 0 spiro atoms. The SMILES string of the molecule is CCc1ccc(NC(=O)c2ccn(COc3ccc(F)cc3)n2)cc1. The second kappa shape index (κ2) is 7.61. The summed E-state index contributed by atoms with van der Waals surface area (Å²) in [5.74, 6) is -0.0823. The van der Waals surface area contributed by atoms with E-state index in [2.05, 4.69) is 17.3 Å². The van der Waals surface area contributed by atoms with E-state index in [-0.39, 0.29) is 18.5 Å². The lowest BCUT2D eigenvalue weighted by molar-refractivity contribution is 0.102. The molecule has 1 amide bonds. The smallest absolute Gasteiger partial charge is 0.276 e. The van der Waals surface area contributed by atoms with Gasteiger partial charge in [0.15, 0.2) is 12.4 Å². The van der Waals surface area contributed by atoms with E-state index in [1.807, 2.05) is 24.3 Å². The molecule has 2 aromatic carbocycles. The molecule has 0 radical (unpaired) electrons. The number of nitrogens with one attached hydrogen (secondary N) is 1. The molecule has 0 unspecified atom stereocenters. The molecule has 0 bridgehead atoms. The number of aryl methyl sites for hydroxylation is 1. The van der Waals surface area contributed by atoms with Gasteiger partial charge < -0.3 is 10.1 Å². The Morgan fingerprint density at radius 1 is 1.12 bits per heavy atom. The molecular weight excluding hydrogens is 321 g/mol. The van der Waals surface area contributed by atoms with Crippen LogP contribution in [0.1, 0.15) is 23.0 Å². The molecule has 25 heavy (non-hydrogen) atoms. The van der Waals surface area contributed by atoms with Gasteiger partial charge in [-0.15, -0.1) is 0 Å². The Kier molecular flexibility index (Phi) is 5.09. The van der Waals surface area contributed by atoms with E-state index in [9.17, 15) is 9.18 Å². The highest BCUT2D eigenvalue weighted by Gasteiger charge is 2.10. The van der Waals surface area contributed by atoms with Crippen LogP contribution < -0.4 is 10.1 Å². The molecule has 1 aromatic heterocycles. The molecule has 3 rings (SSSR count). The molecule has 0 aliphatic carbocycles. The molecule has 6 heteroatoms. The molecule has 128 valence electrons. The van der Waals surface area contributed by atoms with Crippen molar-refractivity contribution in [3.63, 3.8) is 0 Å². The van der Waals surface area contributed by atoms with Crippen molar-refractivity contribution in [1.82, 2.24) is 9.78 Å². The highest BCUT2D eigenvalue weighted by Crippen LogP contribution is 2.13. The second-order valence-corrected chi connectivity index (χ2v) is 5.47. The molecular formula is C19H18FN3O2. The van der Waals surface area contributed by atoms with Gasteiger partial charge >= 0.3 is 0 Å². The van der Waals surface area contributed by atoms with Crippen molar-refractivity contribution in [3.8, 4) is 5.75 Å². The Labute approximate surface area is 145 Å². The highest BCUT2D eigenvalue weighted by molar-refractivity contribution is 6.02. The van der Waals surface area contributed by atoms with Gasteiger partial charge in [-0.2, -0.15) is 5.10 Å². The molecule has 0 aliphatic rings. The Morgan fingerprint density at radius 2 is 1.84 bits per heavy atom. The summed E-state index contributed by atoms with van der Waals surface area (Å²) in [7, 11) is 0. The van der Waals surface area contributed by atoms with Gasteiger partial charge in [0.25, 0.3) is 5.91 Å². The van der Waals surface area contributed by atoms with Gasteiger partial charge in [-0.1, -0.05) is 19.1 Å². The number of hydrogen-bond donors (Lipinski definition) is 1. The van der Waals surface area contributed by atoms with E-state index in [1.54, 1.807) is 12.3 Å². The fourth-order valence-corrected chi connectivity index (χ4v) is 2.25. The summed E-state index contributed by atoms with van der Waals surface area (Å²) >= 11 is 0. The molecule has 0 aliphatic heterocycles. The lowest BCUT2D eigenvalue weighted by Crippen LogP contribution is -2.14. The maximum absolute atomic E-state index is 12.8. The van der Waals surface area contributed by atoms with Crippen LogP contribution in [0.5, 0.6) is 5.75 Å². The molecule has 1 N–H and O–H groups in total. The maximum atomic E-state index is 12.8. The van der Waals surface area contributed by atoms with Crippen molar-refractivity contribution in [3.05, 3.63) is 77.9 Å². The van der Waals surface area contributed by atoms with E-state index in [4.69, 9.17) is 4.74 Å². The zero-order chi connectivity index (χ0) is 17.6. The monoisotopic (exact) mass is 339 g/mol. The van der Waals surface area contributed by atoms with Crippen molar-refractivity contribution >= 4 is 11.6 Å². The van der Waals surface area contributed by atoms with E-state index >= 15 is 0 Å². The summed E-state index contributed by atoms with van der Waals surface area (Å²) in [6, 6.07) is 15.0. The third-order valence-corrected chi connectivity index (χ3v) is 3.67. The number of rotatable bonds is 6. The zero-order valence-corrected chi connectivity index (χ0v) is 13.8. The van der Waals surface area contributed by atoms with Gasteiger partial charge in [0.05, 0.1) is 0 Å². The number of aromatic nitrogens is 2. The predicted octanol–water partition coefficient (Wildman–Crippen LogP) is 3.87. The number of halogens is 1. The lowest BCUT2D eigenvalue weighted by Gasteiger charge is -2.06. The first kappa shape index (κ1) is 16.7. The standard InChI is InChI=1S/C19H18FN3O2/c1-2-14-3-7-16(8-4-14)21-19(24)18-11-12-23(22-18)13-25-17-9-5-15(20)6-10-17/h3-12H,2,13H2,1H3,(H,21,24). The number of nitrogens with zero attached hydrogens (tertiary/aromatic N) is 2. The first-order chi connectivity index (χ1) is 12.1. The van der Waals surface area contributed by atoms with Gasteiger partial charge in [-0.25, -0.2) is 9.07 Å². The average molecular weight is 339 g/mol. The fourth-order valence-electron chi connectivity index (χ4n) is 2.25. The first-order valence-electron chi connectivity index (χ1n) is 7.96. The normalized spacial score (nSPS) is 10.5.